The van der Waals surface area contributed by atoms with Crippen molar-refractivity contribution in [2.75, 3.05) is 17.4 Å². The molecule has 0 aliphatic carbocycles. The van der Waals surface area contributed by atoms with E-state index in [0.29, 0.717) is 22.7 Å². The molecule has 7 nitrogen and oxygen atoms in total. The molecule has 0 radical (unpaired) electrons. The second-order valence-electron chi connectivity index (χ2n) is 5.85. The molecule has 0 bridgehead atoms. The zero-order valence-electron chi connectivity index (χ0n) is 15.2. The summed E-state index contributed by atoms with van der Waals surface area (Å²) in [7, 11) is 0. The Morgan fingerprint density at radius 1 is 1.21 bits per heavy atom. The van der Waals surface area contributed by atoms with Crippen LogP contribution in [-0.2, 0) is 0 Å². The van der Waals surface area contributed by atoms with Crippen molar-refractivity contribution in [3.63, 3.8) is 0 Å². The van der Waals surface area contributed by atoms with E-state index in [2.05, 4.69) is 25.4 Å². The fourth-order valence-corrected chi connectivity index (χ4v) is 2.60. The van der Waals surface area contributed by atoms with Gasteiger partial charge < -0.3 is 15.4 Å². The Morgan fingerprint density at radius 2 is 1.93 bits per heavy atom. The molecule has 29 heavy (non-hydrogen) atoms. The SMILES string of the molecule is [C-]#[N+]COc1ccc(Nc2nc(Nc3ccc(C(C)=O)cc3)ncc2F)cc1Cl. The van der Waals surface area contributed by atoms with Crippen molar-refractivity contribution in [2.24, 2.45) is 0 Å². The summed E-state index contributed by atoms with van der Waals surface area (Å²) in [6.45, 7) is 8.08. The van der Waals surface area contributed by atoms with Crippen LogP contribution >= 0.6 is 11.6 Å². The quantitative estimate of drug-likeness (QED) is 0.410. The van der Waals surface area contributed by atoms with Crippen LogP contribution in [0.1, 0.15) is 17.3 Å². The molecule has 3 rings (SSSR count). The van der Waals surface area contributed by atoms with E-state index in [1.807, 2.05) is 0 Å². The van der Waals surface area contributed by atoms with Crippen LogP contribution in [0.4, 0.5) is 27.5 Å². The molecule has 0 saturated heterocycles. The van der Waals surface area contributed by atoms with E-state index in [9.17, 15) is 9.18 Å². The van der Waals surface area contributed by atoms with Crippen molar-refractivity contribution < 1.29 is 13.9 Å². The highest BCUT2D eigenvalue weighted by Gasteiger charge is 2.10. The number of carbonyl (C=O) groups excluding carboxylic acids is 1. The van der Waals surface area contributed by atoms with E-state index < -0.39 is 5.82 Å². The van der Waals surface area contributed by atoms with Crippen molar-refractivity contribution >= 4 is 40.5 Å². The van der Waals surface area contributed by atoms with E-state index in [-0.39, 0.29) is 29.3 Å². The molecular weight excluding hydrogens is 397 g/mol. The lowest BCUT2D eigenvalue weighted by atomic mass is 10.1. The zero-order chi connectivity index (χ0) is 20.8. The molecule has 9 heteroatoms. The van der Waals surface area contributed by atoms with E-state index in [0.717, 1.165) is 6.20 Å². The summed E-state index contributed by atoms with van der Waals surface area (Å²) in [4.78, 5) is 22.5. The number of rotatable bonds is 7. The predicted octanol–water partition coefficient (Wildman–Crippen LogP) is 5.21. The van der Waals surface area contributed by atoms with Crippen molar-refractivity contribution in [1.82, 2.24) is 9.97 Å². The fraction of sp³-hybridized carbons (Fsp3) is 0.100. The average molecular weight is 412 g/mol. The highest BCUT2D eigenvalue weighted by Crippen LogP contribution is 2.29. The fourth-order valence-electron chi connectivity index (χ4n) is 2.37. The third-order valence-corrected chi connectivity index (χ3v) is 4.07. The number of ether oxygens (including phenoxy) is 1. The average Bonchev–Trinajstić information content (AvgIpc) is 2.70. The summed E-state index contributed by atoms with van der Waals surface area (Å²) in [5.41, 5.74) is 1.72. The van der Waals surface area contributed by atoms with Gasteiger partial charge in [0.25, 0.3) is 0 Å². The van der Waals surface area contributed by atoms with Gasteiger partial charge in [0.05, 0.1) is 11.2 Å². The van der Waals surface area contributed by atoms with Gasteiger partial charge in [-0.3, -0.25) is 9.64 Å². The van der Waals surface area contributed by atoms with Crippen LogP contribution in [0.25, 0.3) is 4.85 Å². The molecule has 1 heterocycles. The molecule has 2 N–H and O–H groups in total. The molecule has 2 aromatic carbocycles. The number of benzene rings is 2. The minimum atomic E-state index is -0.646. The molecule has 3 aromatic rings. The smallest absolute Gasteiger partial charge is 0.357 e. The largest absolute Gasteiger partial charge is 0.424 e. The number of nitrogens with one attached hydrogen (secondary N) is 2. The molecule has 1 aromatic heterocycles. The molecule has 0 aliphatic heterocycles. The molecular formula is C20H15ClFN5O2. The topological polar surface area (TPSA) is 80.5 Å². The first-order valence-corrected chi connectivity index (χ1v) is 8.77. The Balaban J connectivity index is 1.76. The van der Waals surface area contributed by atoms with Gasteiger partial charge in [-0.1, -0.05) is 11.6 Å². The summed E-state index contributed by atoms with van der Waals surface area (Å²) in [6.07, 6.45) is 1.04. The lowest BCUT2D eigenvalue weighted by Gasteiger charge is -2.11. The summed E-state index contributed by atoms with van der Waals surface area (Å²) < 4.78 is 19.3. The van der Waals surface area contributed by atoms with Gasteiger partial charge in [0.1, 0.15) is 5.75 Å². The van der Waals surface area contributed by atoms with Crippen molar-refractivity contribution in [3.05, 3.63) is 76.5 Å². The van der Waals surface area contributed by atoms with Crippen LogP contribution in [0.2, 0.25) is 5.02 Å². The Labute approximate surface area is 171 Å². The maximum absolute atomic E-state index is 14.1. The highest BCUT2D eigenvalue weighted by atomic mass is 35.5. The van der Waals surface area contributed by atoms with Crippen LogP contribution in [0.15, 0.2) is 48.7 Å². The molecule has 0 spiro atoms. The van der Waals surface area contributed by atoms with Crippen LogP contribution < -0.4 is 15.4 Å². The standard InChI is InChI=1S/C20H15ClFN5O2/c1-12(28)13-3-5-14(6-4-13)26-20-24-10-17(22)19(27-20)25-15-7-8-18(16(21)9-15)29-11-23-2/h3-10H,11H2,1H3,(H2,24,25,26,27). The van der Waals surface area contributed by atoms with Crippen molar-refractivity contribution in [1.29, 1.82) is 0 Å². The highest BCUT2D eigenvalue weighted by molar-refractivity contribution is 6.32. The van der Waals surface area contributed by atoms with E-state index in [4.69, 9.17) is 22.9 Å². The van der Waals surface area contributed by atoms with Crippen LogP contribution in [-0.4, -0.2) is 22.5 Å². The van der Waals surface area contributed by atoms with Gasteiger partial charge in [0.2, 0.25) is 5.95 Å². The lowest BCUT2D eigenvalue weighted by Crippen LogP contribution is -2.03. The zero-order valence-corrected chi connectivity index (χ0v) is 16.0. The minimum Gasteiger partial charge on any atom is -0.424 e. The number of anilines is 4. The first-order chi connectivity index (χ1) is 14.0. The number of ketones is 1. The van der Waals surface area contributed by atoms with E-state index in [1.54, 1.807) is 36.4 Å². The Bertz CT molecular complexity index is 1080. The monoisotopic (exact) mass is 411 g/mol. The van der Waals surface area contributed by atoms with Gasteiger partial charge in [-0.05, 0) is 49.4 Å². The lowest BCUT2D eigenvalue weighted by molar-refractivity contribution is 0.101. The van der Waals surface area contributed by atoms with Gasteiger partial charge in [-0.15, -0.1) is 0 Å². The first kappa shape index (κ1) is 20.0. The molecule has 0 atom stereocenters. The maximum Gasteiger partial charge on any atom is 0.357 e. The number of hydrogen-bond acceptors (Lipinski definition) is 6. The molecule has 0 fully saturated rings. The van der Waals surface area contributed by atoms with Crippen LogP contribution in [0.3, 0.4) is 0 Å². The number of halogens is 2. The Kier molecular flexibility index (Phi) is 6.22. The minimum absolute atomic E-state index is 0.0368. The van der Waals surface area contributed by atoms with Crippen LogP contribution in [0.5, 0.6) is 5.75 Å². The molecule has 0 aliphatic rings. The number of aromatic nitrogens is 2. The molecule has 0 unspecified atom stereocenters. The second-order valence-corrected chi connectivity index (χ2v) is 6.26. The third kappa shape index (κ3) is 5.18. The Hall–Kier alpha value is -3.70. The molecule has 0 amide bonds. The van der Waals surface area contributed by atoms with E-state index in [1.165, 1.54) is 13.0 Å². The first-order valence-electron chi connectivity index (χ1n) is 8.39. The van der Waals surface area contributed by atoms with E-state index >= 15 is 0 Å². The number of carbonyl (C=O) groups is 1. The van der Waals surface area contributed by atoms with Crippen LogP contribution in [0, 0.1) is 12.4 Å². The number of hydrogen-bond donors (Lipinski definition) is 2. The summed E-state index contributed by atoms with van der Waals surface area (Å²) in [6, 6.07) is 11.5. The summed E-state index contributed by atoms with van der Waals surface area (Å²) in [5, 5.41) is 6.06. The van der Waals surface area contributed by atoms with Gasteiger partial charge in [0, 0.05) is 16.9 Å². The van der Waals surface area contributed by atoms with Gasteiger partial charge in [0.15, 0.2) is 17.4 Å². The van der Waals surface area contributed by atoms with Crippen molar-refractivity contribution in [3.8, 4) is 5.75 Å². The summed E-state index contributed by atoms with van der Waals surface area (Å²) in [5.74, 6) is -0.203. The predicted molar refractivity (Wildman–Crippen MR) is 109 cm³/mol. The van der Waals surface area contributed by atoms with Gasteiger partial charge >= 0.3 is 6.73 Å². The second kappa shape index (κ2) is 8.99. The number of nitrogens with zero attached hydrogens (tertiary/aromatic N) is 3. The Morgan fingerprint density at radius 3 is 2.59 bits per heavy atom. The molecule has 0 saturated carbocycles. The van der Waals surface area contributed by atoms with Gasteiger partial charge in [-0.2, -0.15) is 4.98 Å². The maximum atomic E-state index is 14.1. The van der Waals surface area contributed by atoms with Gasteiger partial charge in [-0.25, -0.2) is 15.9 Å². The third-order valence-electron chi connectivity index (χ3n) is 3.77. The summed E-state index contributed by atoms with van der Waals surface area (Å²) >= 11 is 6.11. The van der Waals surface area contributed by atoms with Crippen molar-refractivity contribution in [2.45, 2.75) is 6.92 Å². The normalized spacial score (nSPS) is 10.1. The number of Topliss-reactive ketones (excluding diaryl/α,β-unsaturated/α-hetero) is 1. The molecule has 146 valence electrons.